The summed E-state index contributed by atoms with van der Waals surface area (Å²) in [5.74, 6) is -0.845. The minimum Gasteiger partial charge on any atom is -0.463 e. The Bertz CT molecular complexity index is 1620. The van der Waals surface area contributed by atoms with E-state index in [2.05, 4.69) is 20.2 Å². The fourth-order valence-corrected chi connectivity index (χ4v) is 7.53. The topological polar surface area (TPSA) is 92.4 Å². The number of halogens is 6. The van der Waals surface area contributed by atoms with Crippen molar-refractivity contribution in [3.8, 4) is 17.3 Å². The molecule has 3 atom stereocenters. The van der Waals surface area contributed by atoms with Gasteiger partial charge in [0.25, 0.3) is 0 Å². The van der Waals surface area contributed by atoms with Crippen LogP contribution in [0.1, 0.15) is 49.7 Å². The van der Waals surface area contributed by atoms with E-state index in [-0.39, 0.29) is 57.4 Å². The lowest BCUT2D eigenvalue weighted by Gasteiger charge is -2.34. The summed E-state index contributed by atoms with van der Waals surface area (Å²) in [4.78, 5) is 17.2. The molecule has 1 aliphatic carbocycles. The van der Waals surface area contributed by atoms with Crippen LogP contribution in [-0.2, 0) is 6.18 Å². The number of piperidine rings is 1. The molecule has 2 unspecified atom stereocenters. The van der Waals surface area contributed by atoms with Crippen LogP contribution in [-0.4, -0.2) is 77.4 Å². The standard InChI is InChI=1S/C31H35ClF5N7O/c1-16-9-22(38)40-27(24(16)31(35,36)37)23-21(32)10-20-26(25(23)34)41-29(42-28(20)44-12-18-4-5-19(13-44)39-18)45-15-30(6-7-30)14-43-8-2-3-17(33)11-43/h9-10,17-19,39H,2-8,11-15H2,1H3,(H2,38,40)/t17-,18?,19?/m1/s1. The Kier molecular flexibility index (Phi) is 7.72. The summed E-state index contributed by atoms with van der Waals surface area (Å²) in [5.41, 5.74) is 2.89. The van der Waals surface area contributed by atoms with Gasteiger partial charge < -0.3 is 20.7 Å². The number of hydrogen-bond donors (Lipinski definition) is 2. The second-order valence-electron chi connectivity index (χ2n) is 13.2. The van der Waals surface area contributed by atoms with E-state index in [1.54, 1.807) is 0 Å². The molecule has 0 amide bonds. The van der Waals surface area contributed by atoms with Crippen molar-refractivity contribution in [3.63, 3.8) is 0 Å². The summed E-state index contributed by atoms with van der Waals surface area (Å²) in [5, 5.41) is 3.57. The van der Waals surface area contributed by atoms with Gasteiger partial charge in [0.15, 0.2) is 5.82 Å². The van der Waals surface area contributed by atoms with Crippen molar-refractivity contribution in [3.05, 3.63) is 34.1 Å². The molecule has 3 aliphatic heterocycles. The normalized spacial score (nSPS) is 24.8. The molecule has 242 valence electrons. The van der Waals surface area contributed by atoms with E-state index in [0.717, 1.165) is 44.7 Å². The number of rotatable bonds is 7. The number of piperazine rings is 1. The number of fused-ring (bicyclic) bond motifs is 3. The highest BCUT2D eigenvalue weighted by molar-refractivity contribution is 6.34. The molecule has 2 aromatic heterocycles. The molecule has 1 saturated carbocycles. The number of ether oxygens (including phenoxy) is 1. The van der Waals surface area contributed by atoms with E-state index >= 15 is 4.39 Å². The average Bonchev–Trinajstić information content (AvgIpc) is 3.64. The molecule has 0 spiro atoms. The lowest BCUT2D eigenvalue weighted by molar-refractivity contribution is -0.137. The van der Waals surface area contributed by atoms with Crippen molar-refractivity contribution in [2.75, 3.05) is 50.0 Å². The molecule has 14 heteroatoms. The summed E-state index contributed by atoms with van der Waals surface area (Å²) < 4.78 is 79.5. The number of pyridine rings is 1. The van der Waals surface area contributed by atoms with Gasteiger partial charge in [0.1, 0.15) is 23.3 Å². The summed E-state index contributed by atoms with van der Waals surface area (Å²) in [6, 6.07) is 2.88. The molecule has 5 heterocycles. The summed E-state index contributed by atoms with van der Waals surface area (Å²) in [7, 11) is 0. The number of nitrogen functional groups attached to an aromatic ring is 1. The molecule has 3 N–H and O–H groups in total. The zero-order chi connectivity index (χ0) is 31.7. The monoisotopic (exact) mass is 651 g/mol. The molecule has 7 rings (SSSR count). The molecule has 4 aliphatic rings. The summed E-state index contributed by atoms with van der Waals surface area (Å²) in [6.07, 6.45) is -0.508. The lowest BCUT2D eigenvalue weighted by Crippen LogP contribution is -2.51. The van der Waals surface area contributed by atoms with Gasteiger partial charge in [-0.15, -0.1) is 0 Å². The Morgan fingerprint density at radius 3 is 2.49 bits per heavy atom. The van der Waals surface area contributed by atoms with Crippen molar-refractivity contribution < 1.29 is 26.7 Å². The maximum absolute atomic E-state index is 16.6. The van der Waals surface area contributed by atoms with Gasteiger partial charge in [0, 0.05) is 49.1 Å². The van der Waals surface area contributed by atoms with Gasteiger partial charge in [-0.3, -0.25) is 4.90 Å². The van der Waals surface area contributed by atoms with E-state index in [9.17, 15) is 17.6 Å². The third-order valence-electron chi connectivity index (χ3n) is 9.59. The molecular weight excluding hydrogens is 617 g/mol. The van der Waals surface area contributed by atoms with Crippen LogP contribution in [0.5, 0.6) is 6.01 Å². The summed E-state index contributed by atoms with van der Waals surface area (Å²) in [6.45, 7) is 4.64. The number of hydrogen-bond acceptors (Lipinski definition) is 8. The number of benzene rings is 1. The van der Waals surface area contributed by atoms with Crippen LogP contribution < -0.4 is 20.7 Å². The number of alkyl halides is 4. The molecular formula is C31H35ClF5N7O. The molecule has 3 aromatic rings. The van der Waals surface area contributed by atoms with Gasteiger partial charge in [0.2, 0.25) is 0 Å². The lowest BCUT2D eigenvalue weighted by atomic mass is 9.99. The van der Waals surface area contributed by atoms with Crippen LogP contribution in [0.15, 0.2) is 12.1 Å². The Hall–Kier alpha value is -3.03. The highest BCUT2D eigenvalue weighted by Crippen LogP contribution is 2.48. The number of nitrogens with zero attached hydrogens (tertiary/aromatic N) is 5. The van der Waals surface area contributed by atoms with Gasteiger partial charge in [-0.05, 0) is 69.7 Å². The predicted molar refractivity (Wildman–Crippen MR) is 162 cm³/mol. The fraction of sp³-hybridized carbons (Fsp3) is 0.581. The number of likely N-dealkylation sites (tertiary alicyclic amines) is 1. The Morgan fingerprint density at radius 2 is 1.82 bits per heavy atom. The maximum atomic E-state index is 16.6. The molecule has 8 nitrogen and oxygen atoms in total. The van der Waals surface area contributed by atoms with Crippen LogP contribution in [0.4, 0.5) is 33.6 Å². The van der Waals surface area contributed by atoms with Crippen molar-refractivity contribution in [2.45, 2.75) is 69.9 Å². The van der Waals surface area contributed by atoms with Crippen LogP contribution in [0, 0.1) is 18.2 Å². The van der Waals surface area contributed by atoms with Gasteiger partial charge in [-0.25, -0.2) is 13.8 Å². The second kappa shape index (κ2) is 11.3. The Balaban J connectivity index is 1.30. The van der Waals surface area contributed by atoms with Gasteiger partial charge in [-0.2, -0.15) is 23.1 Å². The first-order valence-corrected chi connectivity index (χ1v) is 15.8. The highest BCUT2D eigenvalue weighted by atomic mass is 35.5. The van der Waals surface area contributed by atoms with Crippen molar-refractivity contribution >= 4 is 34.1 Å². The van der Waals surface area contributed by atoms with E-state index in [1.807, 2.05) is 4.90 Å². The molecule has 0 radical (unpaired) electrons. The second-order valence-corrected chi connectivity index (χ2v) is 13.6. The van der Waals surface area contributed by atoms with E-state index in [1.165, 1.54) is 13.0 Å². The third kappa shape index (κ3) is 5.98. The fourth-order valence-electron chi connectivity index (χ4n) is 7.25. The first-order valence-electron chi connectivity index (χ1n) is 15.4. The number of nitrogens with one attached hydrogen (secondary N) is 1. The van der Waals surface area contributed by atoms with E-state index in [0.29, 0.717) is 38.4 Å². The molecule has 2 bridgehead atoms. The Labute approximate surface area is 262 Å². The summed E-state index contributed by atoms with van der Waals surface area (Å²) >= 11 is 6.59. The largest absolute Gasteiger partial charge is 0.463 e. The minimum absolute atomic E-state index is 0.0726. The van der Waals surface area contributed by atoms with Gasteiger partial charge in [-0.1, -0.05) is 11.6 Å². The maximum Gasteiger partial charge on any atom is 0.418 e. The highest BCUT2D eigenvalue weighted by Gasteiger charge is 2.46. The van der Waals surface area contributed by atoms with Crippen LogP contribution in [0.2, 0.25) is 5.02 Å². The molecule has 3 saturated heterocycles. The zero-order valence-electron chi connectivity index (χ0n) is 24.9. The molecule has 4 fully saturated rings. The van der Waals surface area contributed by atoms with Crippen molar-refractivity contribution in [2.24, 2.45) is 5.41 Å². The Morgan fingerprint density at radius 1 is 1.09 bits per heavy atom. The van der Waals surface area contributed by atoms with Crippen molar-refractivity contribution in [1.29, 1.82) is 0 Å². The van der Waals surface area contributed by atoms with E-state index in [4.69, 9.17) is 27.1 Å². The first-order chi connectivity index (χ1) is 21.4. The molecule has 1 aromatic carbocycles. The minimum atomic E-state index is -4.84. The molecule has 45 heavy (non-hydrogen) atoms. The van der Waals surface area contributed by atoms with Crippen LogP contribution in [0.25, 0.3) is 22.2 Å². The van der Waals surface area contributed by atoms with Crippen LogP contribution in [0.3, 0.4) is 0 Å². The number of aromatic nitrogens is 3. The van der Waals surface area contributed by atoms with Crippen molar-refractivity contribution in [1.82, 2.24) is 25.2 Å². The SMILES string of the molecule is Cc1cc(N)nc(-c2c(Cl)cc3c(N4CC5CCC(C4)N5)nc(OCC4(CN5CCC[C@@H](F)C5)CC4)nc3c2F)c1C(F)(F)F. The van der Waals surface area contributed by atoms with E-state index < -0.39 is 35.0 Å². The average molecular weight is 652 g/mol. The van der Waals surface area contributed by atoms with Gasteiger partial charge >= 0.3 is 12.2 Å². The quantitative estimate of drug-likeness (QED) is 0.304. The zero-order valence-corrected chi connectivity index (χ0v) is 25.6. The smallest absolute Gasteiger partial charge is 0.418 e. The first kappa shape index (κ1) is 30.6. The van der Waals surface area contributed by atoms with Crippen LogP contribution >= 0.6 is 11.6 Å². The number of nitrogens with two attached hydrogens (primary N) is 1. The number of aryl methyl sites for hydroxylation is 1. The predicted octanol–water partition coefficient (Wildman–Crippen LogP) is 5.93. The third-order valence-corrected chi connectivity index (χ3v) is 9.88. The number of anilines is 2. The van der Waals surface area contributed by atoms with Gasteiger partial charge in [0.05, 0.1) is 28.5 Å².